The Morgan fingerprint density at radius 1 is 1.50 bits per heavy atom. The van der Waals surface area contributed by atoms with E-state index in [9.17, 15) is 0 Å². The van der Waals surface area contributed by atoms with E-state index in [1.165, 1.54) is 19.3 Å². The molecule has 3 heteroatoms. The van der Waals surface area contributed by atoms with E-state index in [-0.39, 0.29) is 0 Å². The fourth-order valence-electron chi connectivity index (χ4n) is 1.64. The third-order valence-electron chi connectivity index (χ3n) is 2.83. The zero-order chi connectivity index (χ0) is 9.97. The topological polar surface area (TPSA) is 39.9 Å². The minimum atomic E-state index is 0.494. The van der Waals surface area contributed by atoms with Crippen molar-refractivity contribution >= 4 is 5.82 Å². The van der Waals surface area contributed by atoms with Crippen LogP contribution in [-0.4, -0.2) is 18.1 Å². The highest BCUT2D eigenvalue weighted by Crippen LogP contribution is 2.26. The van der Waals surface area contributed by atoms with Crippen LogP contribution in [0.15, 0.2) is 18.2 Å². The molecule has 1 saturated carbocycles. The molecule has 14 heavy (non-hydrogen) atoms. The van der Waals surface area contributed by atoms with Crippen LogP contribution in [-0.2, 0) is 0 Å². The lowest BCUT2D eigenvalue weighted by Gasteiger charge is -2.35. The second-order valence-electron chi connectivity index (χ2n) is 3.69. The van der Waals surface area contributed by atoms with Gasteiger partial charge in [0.15, 0.2) is 0 Å². The van der Waals surface area contributed by atoms with Gasteiger partial charge in [-0.2, -0.15) is 5.26 Å². The van der Waals surface area contributed by atoms with E-state index >= 15 is 0 Å². The average molecular weight is 187 g/mol. The third-order valence-corrected chi connectivity index (χ3v) is 2.83. The van der Waals surface area contributed by atoms with Crippen molar-refractivity contribution in [1.82, 2.24) is 4.98 Å². The van der Waals surface area contributed by atoms with E-state index < -0.39 is 0 Å². The lowest BCUT2D eigenvalue weighted by Crippen LogP contribution is -2.37. The highest BCUT2D eigenvalue weighted by atomic mass is 15.2. The third kappa shape index (κ3) is 1.56. The van der Waals surface area contributed by atoms with Gasteiger partial charge >= 0.3 is 0 Å². The minimum absolute atomic E-state index is 0.494. The smallest absolute Gasteiger partial charge is 0.142 e. The van der Waals surface area contributed by atoms with Gasteiger partial charge < -0.3 is 4.90 Å². The molecule has 1 fully saturated rings. The highest BCUT2D eigenvalue weighted by Gasteiger charge is 2.22. The van der Waals surface area contributed by atoms with Crippen LogP contribution in [0.4, 0.5) is 5.82 Å². The van der Waals surface area contributed by atoms with Gasteiger partial charge in [0.1, 0.15) is 17.6 Å². The van der Waals surface area contributed by atoms with E-state index in [1.807, 2.05) is 19.2 Å². The highest BCUT2D eigenvalue weighted by molar-refractivity contribution is 5.42. The first-order valence-electron chi connectivity index (χ1n) is 4.91. The molecule has 1 heterocycles. The Balaban J connectivity index is 2.18. The molecular weight excluding hydrogens is 174 g/mol. The standard InChI is InChI=1S/C11H13N3/c1-14(10-5-3-6-10)11-7-2-4-9(8-12)13-11/h2,4,7,10H,3,5-6H2,1H3. The van der Waals surface area contributed by atoms with E-state index in [2.05, 4.69) is 16.0 Å². The van der Waals surface area contributed by atoms with Gasteiger partial charge in [-0.1, -0.05) is 6.07 Å². The molecule has 0 amide bonds. The number of pyridine rings is 1. The summed E-state index contributed by atoms with van der Waals surface area (Å²) in [5, 5.41) is 8.72. The number of anilines is 1. The number of rotatable bonds is 2. The summed E-state index contributed by atoms with van der Waals surface area (Å²) in [5.74, 6) is 0.911. The van der Waals surface area contributed by atoms with Gasteiger partial charge in [-0.3, -0.25) is 0 Å². The Kier molecular flexibility index (Phi) is 2.36. The number of aromatic nitrogens is 1. The minimum Gasteiger partial charge on any atom is -0.357 e. The summed E-state index contributed by atoms with van der Waals surface area (Å²) in [5.41, 5.74) is 0.494. The van der Waals surface area contributed by atoms with Crippen molar-refractivity contribution in [2.75, 3.05) is 11.9 Å². The van der Waals surface area contributed by atoms with Crippen LogP contribution in [0, 0.1) is 11.3 Å². The van der Waals surface area contributed by atoms with Crippen LogP contribution in [0.5, 0.6) is 0 Å². The van der Waals surface area contributed by atoms with E-state index in [1.54, 1.807) is 6.07 Å². The summed E-state index contributed by atoms with van der Waals surface area (Å²) in [6.45, 7) is 0. The molecule has 2 rings (SSSR count). The van der Waals surface area contributed by atoms with Crippen LogP contribution in [0.25, 0.3) is 0 Å². The van der Waals surface area contributed by atoms with Crippen molar-refractivity contribution in [2.24, 2.45) is 0 Å². The monoisotopic (exact) mass is 187 g/mol. The molecule has 0 N–H and O–H groups in total. The maximum atomic E-state index is 8.72. The number of nitrogens with zero attached hydrogens (tertiary/aromatic N) is 3. The van der Waals surface area contributed by atoms with Gasteiger partial charge in [0.05, 0.1) is 0 Å². The molecule has 0 saturated heterocycles. The van der Waals surface area contributed by atoms with Gasteiger partial charge in [-0.15, -0.1) is 0 Å². The second kappa shape index (κ2) is 3.67. The predicted molar refractivity (Wildman–Crippen MR) is 55.0 cm³/mol. The largest absolute Gasteiger partial charge is 0.357 e. The van der Waals surface area contributed by atoms with Crippen molar-refractivity contribution in [1.29, 1.82) is 5.26 Å². The summed E-state index contributed by atoms with van der Waals surface area (Å²) in [7, 11) is 2.05. The van der Waals surface area contributed by atoms with E-state index in [0.717, 1.165) is 5.82 Å². The molecule has 0 aromatic carbocycles. The van der Waals surface area contributed by atoms with E-state index in [0.29, 0.717) is 11.7 Å². The summed E-state index contributed by atoms with van der Waals surface area (Å²) >= 11 is 0. The second-order valence-corrected chi connectivity index (χ2v) is 3.69. The van der Waals surface area contributed by atoms with Crippen molar-refractivity contribution < 1.29 is 0 Å². The summed E-state index contributed by atoms with van der Waals surface area (Å²) in [4.78, 5) is 6.43. The van der Waals surface area contributed by atoms with Crippen molar-refractivity contribution in [2.45, 2.75) is 25.3 Å². The molecule has 72 valence electrons. The molecule has 1 aliphatic rings. The molecule has 0 unspecified atom stereocenters. The molecule has 1 aliphatic carbocycles. The van der Waals surface area contributed by atoms with Gasteiger partial charge in [0.2, 0.25) is 0 Å². The SMILES string of the molecule is CN(c1cccc(C#N)n1)C1CCC1. The van der Waals surface area contributed by atoms with Crippen LogP contribution < -0.4 is 4.90 Å². The van der Waals surface area contributed by atoms with E-state index in [4.69, 9.17) is 5.26 Å². The first kappa shape index (κ1) is 9.01. The Hall–Kier alpha value is -1.56. The fraction of sp³-hybridized carbons (Fsp3) is 0.455. The predicted octanol–water partition coefficient (Wildman–Crippen LogP) is 1.94. The molecular formula is C11H13N3. The number of hydrogen-bond donors (Lipinski definition) is 0. The number of nitriles is 1. The molecule has 3 nitrogen and oxygen atoms in total. The summed E-state index contributed by atoms with van der Waals surface area (Å²) in [6, 6.07) is 8.26. The summed E-state index contributed by atoms with van der Waals surface area (Å²) < 4.78 is 0. The maximum Gasteiger partial charge on any atom is 0.142 e. The maximum absolute atomic E-state index is 8.72. The Bertz CT molecular complexity index is 363. The van der Waals surface area contributed by atoms with Crippen LogP contribution in [0.1, 0.15) is 25.0 Å². The lowest BCUT2D eigenvalue weighted by atomic mass is 9.92. The Morgan fingerprint density at radius 3 is 2.86 bits per heavy atom. The Labute approximate surface area is 84.0 Å². The lowest BCUT2D eigenvalue weighted by molar-refractivity contribution is 0.399. The van der Waals surface area contributed by atoms with Crippen molar-refractivity contribution in [3.05, 3.63) is 23.9 Å². The van der Waals surface area contributed by atoms with Crippen LogP contribution in [0.2, 0.25) is 0 Å². The van der Waals surface area contributed by atoms with Gasteiger partial charge in [-0.25, -0.2) is 4.98 Å². The molecule has 0 spiro atoms. The molecule has 0 atom stereocenters. The molecule has 1 aromatic rings. The summed E-state index contributed by atoms with van der Waals surface area (Å²) in [6.07, 6.45) is 3.80. The number of hydrogen-bond acceptors (Lipinski definition) is 3. The zero-order valence-electron chi connectivity index (χ0n) is 8.27. The first-order chi connectivity index (χ1) is 6.81. The van der Waals surface area contributed by atoms with Crippen LogP contribution in [0.3, 0.4) is 0 Å². The Morgan fingerprint density at radius 2 is 2.29 bits per heavy atom. The van der Waals surface area contributed by atoms with Gasteiger partial charge in [-0.05, 0) is 31.4 Å². The zero-order valence-corrected chi connectivity index (χ0v) is 8.27. The first-order valence-corrected chi connectivity index (χ1v) is 4.91. The molecule has 1 aromatic heterocycles. The average Bonchev–Trinajstić information content (AvgIpc) is 2.15. The molecule has 0 radical (unpaired) electrons. The fourth-order valence-corrected chi connectivity index (χ4v) is 1.64. The van der Waals surface area contributed by atoms with Crippen LogP contribution >= 0.6 is 0 Å². The van der Waals surface area contributed by atoms with Gasteiger partial charge in [0, 0.05) is 13.1 Å². The molecule has 0 bridgehead atoms. The van der Waals surface area contributed by atoms with Crippen molar-refractivity contribution in [3.8, 4) is 6.07 Å². The normalized spacial score (nSPS) is 15.7. The quantitative estimate of drug-likeness (QED) is 0.710. The van der Waals surface area contributed by atoms with Gasteiger partial charge in [0.25, 0.3) is 0 Å². The van der Waals surface area contributed by atoms with Crippen molar-refractivity contribution in [3.63, 3.8) is 0 Å². The molecule has 0 aliphatic heterocycles.